The Balaban J connectivity index is 1.16. The van der Waals surface area contributed by atoms with Crippen LogP contribution in [-0.4, -0.2) is 75.9 Å². The second kappa shape index (κ2) is 21.7. The molecule has 3 N–H and O–H groups in total. The molecule has 3 aliphatic rings. The molecular formula is C37H66O8. The van der Waals surface area contributed by atoms with Crippen molar-refractivity contribution >= 4 is 11.8 Å². The fraction of sp³-hybridized carbons (Fsp3) is 0.946. The van der Waals surface area contributed by atoms with Crippen LogP contribution in [0.2, 0.25) is 0 Å². The number of hydrogen-bond donors (Lipinski definition) is 3. The van der Waals surface area contributed by atoms with Crippen LogP contribution in [0.15, 0.2) is 0 Å². The summed E-state index contributed by atoms with van der Waals surface area (Å²) in [5.41, 5.74) is 0. The predicted octanol–water partition coefficient (Wildman–Crippen LogP) is 7.12. The van der Waals surface area contributed by atoms with Crippen molar-refractivity contribution in [3.63, 3.8) is 0 Å². The molecule has 9 atom stereocenters. The zero-order chi connectivity index (χ0) is 32.4. The van der Waals surface area contributed by atoms with Crippen LogP contribution < -0.4 is 0 Å². The van der Waals surface area contributed by atoms with Crippen molar-refractivity contribution in [2.45, 2.75) is 217 Å². The molecule has 3 saturated heterocycles. The fourth-order valence-corrected chi connectivity index (χ4v) is 7.57. The van der Waals surface area contributed by atoms with Crippen LogP contribution in [0.25, 0.3) is 0 Å². The van der Waals surface area contributed by atoms with Crippen molar-refractivity contribution in [1.82, 2.24) is 0 Å². The summed E-state index contributed by atoms with van der Waals surface area (Å²) in [4.78, 5) is 23.1. The summed E-state index contributed by atoms with van der Waals surface area (Å²) < 4.78 is 17.9. The SMILES string of the molecule is CCCCCCCCCC[C@@H](O)[C@@H]1CC[C@@H]([C@@H]2CC[C@@H]([C@H](O)CCCCC[C@@H](O)CCCC[C@H]3CC(CC(C)=O)C(=O)O3)O2)O1. The molecule has 0 aromatic carbocycles. The van der Waals surface area contributed by atoms with E-state index in [0.717, 1.165) is 89.9 Å². The van der Waals surface area contributed by atoms with Crippen molar-refractivity contribution in [3.05, 3.63) is 0 Å². The molecule has 0 aromatic heterocycles. The Morgan fingerprint density at radius 1 is 0.711 bits per heavy atom. The highest BCUT2D eigenvalue weighted by atomic mass is 16.6. The number of carbonyl (C=O) groups excluding carboxylic acids is 2. The third-order valence-corrected chi connectivity index (χ3v) is 10.3. The minimum Gasteiger partial charge on any atom is -0.462 e. The maximum absolute atomic E-state index is 11.9. The summed E-state index contributed by atoms with van der Waals surface area (Å²) >= 11 is 0. The molecule has 0 bridgehead atoms. The molecule has 0 amide bonds. The van der Waals surface area contributed by atoms with Gasteiger partial charge in [0.1, 0.15) is 11.9 Å². The summed E-state index contributed by atoms with van der Waals surface area (Å²) in [6.45, 7) is 3.76. The Labute approximate surface area is 273 Å². The van der Waals surface area contributed by atoms with Gasteiger partial charge in [0, 0.05) is 6.42 Å². The first kappa shape index (κ1) is 38.4. The van der Waals surface area contributed by atoms with Crippen molar-refractivity contribution in [3.8, 4) is 0 Å². The maximum Gasteiger partial charge on any atom is 0.309 e. The molecule has 1 unspecified atom stereocenters. The van der Waals surface area contributed by atoms with Gasteiger partial charge >= 0.3 is 5.97 Å². The highest BCUT2D eigenvalue weighted by Gasteiger charge is 2.40. The monoisotopic (exact) mass is 638 g/mol. The molecule has 8 nitrogen and oxygen atoms in total. The predicted molar refractivity (Wildman–Crippen MR) is 176 cm³/mol. The third-order valence-electron chi connectivity index (χ3n) is 10.3. The molecule has 0 aromatic rings. The number of esters is 1. The number of unbranched alkanes of at least 4 members (excludes halogenated alkanes) is 10. The molecule has 45 heavy (non-hydrogen) atoms. The van der Waals surface area contributed by atoms with E-state index in [0.29, 0.717) is 12.8 Å². The molecule has 0 saturated carbocycles. The van der Waals surface area contributed by atoms with Gasteiger partial charge in [-0.3, -0.25) is 4.79 Å². The van der Waals surface area contributed by atoms with Crippen LogP contribution in [0.5, 0.6) is 0 Å². The second-order valence-electron chi connectivity index (χ2n) is 14.5. The van der Waals surface area contributed by atoms with Crippen molar-refractivity contribution in [2.75, 3.05) is 0 Å². The lowest BCUT2D eigenvalue weighted by Gasteiger charge is -2.24. The highest BCUT2D eigenvalue weighted by Crippen LogP contribution is 2.35. The Bertz CT molecular complexity index is 820. The number of Topliss-reactive ketones (excluding diaryl/α,β-unsaturated/α-hetero) is 1. The van der Waals surface area contributed by atoms with Crippen LogP contribution in [-0.2, 0) is 23.8 Å². The average molecular weight is 639 g/mol. The molecule has 3 fully saturated rings. The quantitative estimate of drug-likeness (QED) is 0.0714. The molecule has 3 rings (SSSR count). The first-order valence-corrected chi connectivity index (χ1v) is 18.8. The highest BCUT2D eigenvalue weighted by molar-refractivity contribution is 5.83. The smallest absolute Gasteiger partial charge is 0.309 e. The molecule has 262 valence electrons. The van der Waals surface area contributed by atoms with Crippen molar-refractivity contribution in [2.24, 2.45) is 5.92 Å². The number of carbonyl (C=O) groups is 2. The van der Waals surface area contributed by atoms with E-state index in [1.807, 2.05) is 0 Å². The van der Waals surface area contributed by atoms with Crippen LogP contribution >= 0.6 is 0 Å². The first-order chi connectivity index (χ1) is 21.8. The van der Waals surface area contributed by atoms with E-state index < -0.39 is 6.10 Å². The Morgan fingerprint density at radius 3 is 1.76 bits per heavy atom. The lowest BCUT2D eigenvalue weighted by atomic mass is 9.96. The third kappa shape index (κ3) is 14.7. The Hall–Kier alpha value is -1.06. The number of hydrogen-bond acceptors (Lipinski definition) is 8. The van der Waals surface area contributed by atoms with E-state index in [9.17, 15) is 24.9 Å². The fourth-order valence-electron chi connectivity index (χ4n) is 7.57. The maximum atomic E-state index is 11.9. The molecule has 3 heterocycles. The van der Waals surface area contributed by atoms with Crippen molar-refractivity contribution < 1.29 is 39.1 Å². The number of ether oxygens (including phenoxy) is 3. The molecule has 3 aliphatic heterocycles. The molecule has 8 heteroatoms. The van der Waals surface area contributed by atoms with Crippen LogP contribution in [0.4, 0.5) is 0 Å². The Morgan fingerprint density at radius 2 is 1.20 bits per heavy atom. The normalized spacial score (nSPS) is 28.8. The Kier molecular flexibility index (Phi) is 18.5. The number of aliphatic hydroxyl groups is 3. The van der Waals surface area contributed by atoms with E-state index in [1.165, 1.54) is 51.9 Å². The summed E-state index contributed by atoms with van der Waals surface area (Å²) in [5.74, 6) is -0.488. The average Bonchev–Trinajstić information content (AvgIpc) is 3.77. The van der Waals surface area contributed by atoms with Crippen LogP contribution in [0, 0.1) is 5.92 Å². The van der Waals surface area contributed by atoms with E-state index in [4.69, 9.17) is 14.2 Å². The standard InChI is InChI=1S/C37H66O8/c1-3-4-5-6-7-8-9-12-19-31(40)33-21-23-35(44-33)36-24-22-34(45-36)32(41)20-13-10-11-16-29(39)17-14-15-18-30-26-28(25-27(2)38)37(42)43-30/h28-36,39-41H,3-26H2,1-2H3/t28?,29-,30+,31-,32-,33+,34+,35+,36+/m1/s1. The minimum atomic E-state index is -0.468. The van der Waals surface area contributed by atoms with Crippen LogP contribution in [0.3, 0.4) is 0 Å². The van der Waals surface area contributed by atoms with Gasteiger partial charge in [0.15, 0.2) is 0 Å². The zero-order valence-corrected chi connectivity index (χ0v) is 28.5. The summed E-state index contributed by atoms with van der Waals surface area (Å²) in [6.07, 6.45) is 21.7. The van der Waals surface area contributed by atoms with Gasteiger partial charge in [-0.15, -0.1) is 0 Å². The summed E-state index contributed by atoms with van der Waals surface area (Å²) in [6, 6.07) is 0. The first-order valence-electron chi connectivity index (χ1n) is 18.8. The lowest BCUT2D eigenvalue weighted by Crippen LogP contribution is -2.33. The van der Waals surface area contributed by atoms with E-state index >= 15 is 0 Å². The topological polar surface area (TPSA) is 123 Å². The summed E-state index contributed by atoms with van der Waals surface area (Å²) in [7, 11) is 0. The second-order valence-corrected chi connectivity index (χ2v) is 14.5. The van der Waals surface area contributed by atoms with Gasteiger partial charge in [-0.25, -0.2) is 0 Å². The van der Waals surface area contributed by atoms with E-state index in [-0.39, 0.29) is 66.8 Å². The molecular weight excluding hydrogens is 572 g/mol. The van der Waals surface area contributed by atoms with Gasteiger partial charge in [-0.1, -0.05) is 84.0 Å². The van der Waals surface area contributed by atoms with Gasteiger partial charge in [-0.2, -0.15) is 0 Å². The lowest BCUT2D eigenvalue weighted by molar-refractivity contribution is -0.145. The van der Waals surface area contributed by atoms with E-state index in [2.05, 4.69) is 6.92 Å². The number of rotatable bonds is 25. The van der Waals surface area contributed by atoms with Crippen LogP contribution in [0.1, 0.15) is 168 Å². The van der Waals surface area contributed by atoms with Crippen molar-refractivity contribution in [1.29, 1.82) is 0 Å². The molecule has 0 aliphatic carbocycles. The zero-order valence-electron chi connectivity index (χ0n) is 28.5. The van der Waals surface area contributed by atoms with Gasteiger partial charge in [-0.05, 0) is 77.6 Å². The van der Waals surface area contributed by atoms with Gasteiger partial charge < -0.3 is 34.3 Å². The largest absolute Gasteiger partial charge is 0.462 e. The number of aliphatic hydroxyl groups excluding tert-OH is 3. The number of cyclic esters (lactones) is 1. The summed E-state index contributed by atoms with van der Waals surface area (Å²) in [5, 5.41) is 31.8. The van der Waals surface area contributed by atoms with Gasteiger partial charge in [0.05, 0.1) is 48.6 Å². The number of ketones is 1. The van der Waals surface area contributed by atoms with Gasteiger partial charge in [0.2, 0.25) is 0 Å². The molecule has 0 spiro atoms. The minimum absolute atomic E-state index is 0.0165. The van der Waals surface area contributed by atoms with Gasteiger partial charge in [0.25, 0.3) is 0 Å². The molecule has 0 radical (unpaired) electrons. The van der Waals surface area contributed by atoms with E-state index in [1.54, 1.807) is 0 Å².